The van der Waals surface area contributed by atoms with E-state index in [-0.39, 0.29) is 17.0 Å². The van der Waals surface area contributed by atoms with Gasteiger partial charge in [-0.25, -0.2) is 0 Å². The van der Waals surface area contributed by atoms with Crippen molar-refractivity contribution in [3.05, 3.63) is 63.6 Å². The Labute approximate surface area is 170 Å². The number of aryl methyl sites for hydroxylation is 1. The van der Waals surface area contributed by atoms with Crippen LogP contribution in [-0.2, 0) is 0 Å². The lowest BCUT2D eigenvalue weighted by molar-refractivity contribution is 0.762. The molecule has 0 aliphatic carbocycles. The summed E-state index contributed by atoms with van der Waals surface area (Å²) in [6.07, 6.45) is 0. The van der Waals surface area contributed by atoms with Crippen LogP contribution in [0.1, 0.15) is 11.1 Å². The average Bonchev–Trinajstić information content (AvgIpc) is 3.01. The fraction of sp³-hybridized carbons (Fsp3) is 0.118. The third-order valence-electron chi connectivity index (χ3n) is 3.72. The van der Waals surface area contributed by atoms with E-state index in [2.05, 4.69) is 17.1 Å². The van der Waals surface area contributed by atoms with Crippen molar-refractivity contribution in [2.45, 2.75) is 12.1 Å². The Balaban J connectivity index is 0.00000182. The second kappa shape index (κ2) is 7.50. The lowest BCUT2D eigenvalue weighted by Crippen LogP contribution is -2.14. The van der Waals surface area contributed by atoms with Crippen LogP contribution >= 0.6 is 51.9 Å². The van der Waals surface area contributed by atoms with Crippen LogP contribution in [0.2, 0.25) is 10.0 Å². The molecular formula is C17H13BrCl2N4S. The highest BCUT2D eigenvalue weighted by Crippen LogP contribution is 2.31. The minimum atomic E-state index is 0. The molecule has 0 radical (unpaired) electrons. The summed E-state index contributed by atoms with van der Waals surface area (Å²) < 4.78 is 1.77. The standard InChI is InChI=1S/C17H12Cl2N4S.BrH/c1-10-2-4-11(5-3-10)16-20-21-17-23(16)22-15(9-24-17)13-8-12(18)6-7-14(13)19;/h2-8H,9H2,1H3;1H. The topological polar surface area (TPSA) is 43.1 Å². The van der Waals surface area contributed by atoms with Crippen molar-refractivity contribution < 1.29 is 0 Å². The Morgan fingerprint density at radius 2 is 1.80 bits per heavy atom. The molecular weight excluding hydrogens is 443 g/mol. The van der Waals surface area contributed by atoms with Crippen molar-refractivity contribution in [3.63, 3.8) is 0 Å². The summed E-state index contributed by atoms with van der Waals surface area (Å²) in [4.78, 5) is 0. The highest BCUT2D eigenvalue weighted by molar-refractivity contribution is 8.93. The molecule has 4 nitrogen and oxygen atoms in total. The maximum atomic E-state index is 6.32. The molecule has 0 unspecified atom stereocenters. The third-order valence-corrected chi connectivity index (χ3v) is 5.22. The summed E-state index contributed by atoms with van der Waals surface area (Å²) in [6, 6.07) is 13.5. The van der Waals surface area contributed by atoms with E-state index >= 15 is 0 Å². The largest absolute Gasteiger partial charge is 0.212 e. The van der Waals surface area contributed by atoms with Gasteiger partial charge in [-0.1, -0.05) is 64.8 Å². The Kier molecular flexibility index (Phi) is 5.53. The first kappa shape index (κ1) is 18.5. The monoisotopic (exact) mass is 454 g/mol. The van der Waals surface area contributed by atoms with E-state index in [4.69, 9.17) is 28.3 Å². The molecule has 1 aliphatic rings. The van der Waals surface area contributed by atoms with Gasteiger partial charge in [0.2, 0.25) is 5.16 Å². The number of halogens is 3. The number of benzene rings is 2. The van der Waals surface area contributed by atoms with E-state index in [0.717, 1.165) is 22.0 Å². The molecule has 0 spiro atoms. The van der Waals surface area contributed by atoms with E-state index in [0.29, 0.717) is 21.6 Å². The van der Waals surface area contributed by atoms with Gasteiger partial charge in [-0.05, 0) is 25.1 Å². The van der Waals surface area contributed by atoms with E-state index in [1.807, 2.05) is 30.3 Å². The molecule has 0 saturated heterocycles. The summed E-state index contributed by atoms with van der Waals surface area (Å²) in [5, 5.41) is 15.3. The lowest BCUT2D eigenvalue weighted by atomic mass is 10.1. The number of aromatic nitrogens is 3. The van der Waals surface area contributed by atoms with Crippen LogP contribution in [0.3, 0.4) is 0 Å². The molecule has 1 aliphatic heterocycles. The minimum absolute atomic E-state index is 0. The molecule has 0 amide bonds. The highest BCUT2D eigenvalue weighted by atomic mass is 79.9. The smallest absolute Gasteiger partial charge is 0.187 e. The van der Waals surface area contributed by atoms with Gasteiger partial charge in [-0.3, -0.25) is 0 Å². The second-order valence-electron chi connectivity index (χ2n) is 5.44. The van der Waals surface area contributed by atoms with Gasteiger partial charge in [0.1, 0.15) is 0 Å². The summed E-state index contributed by atoms with van der Waals surface area (Å²) >= 11 is 14.0. The molecule has 2 aromatic carbocycles. The predicted molar refractivity (Wildman–Crippen MR) is 110 cm³/mol. The molecule has 3 aromatic rings. The average molecular weight is 456 g/mol. The normalized spacial score (nSPS) is 13.0. The van der Waals surface area contributed by atoms with Crippen molar-refractivity contribution in [1.29, 1.82) is 0 Å². The van der Waals surface area contributed by atoms with Gasteiger partial charge in [0.15, 0.2) is 5.82 Å². The zero-order valence-corrected chi connectivity index (χ0v) is 17.2. The van der Waals surface area contributed by atoms with E-state index < -0.39 is 0 Å². The van der Waals surface area contributed by atoms with Crippen molar-refractivity contribution >= 4 is 57.7 Å². The molecule has 0 N–H and O–H groups in total. The van der Waals surface area contributed by atoms with Gasteiger partial charge in [0.05, 0.1) is 5.71 Å². The highest BCUT2D eigenvalue weighted by Gasteiger charge is 2.22. The number of hydrogen-bond donors (Lipinski definition) is 0. The molecule has 4 rings (SSSR count). The summed E-state index contributed by atoms with van der Waals surface area (Å²) in [7, 11) is 0. The maximum Gasteiger partial charge on any atom is 0.212 e. The van der Waals surface area contributed by atoms with E-state index in [1.54, 1.807) is 28.6 Å². The van der Waals surface area contributed by atoms with Crippen molar-refractivity contribution in [3.8, 4) is 11.4 Å². The molecule has 0 saturated carbocycles. The van der Waals surface area contributed by atoms with Crippen molar-refractivity contribution in [2.24, 2.45) is 5.10 Å². The van der Waals surface area contributed by atoms with Gasteiger partial charge in [0, 0.05) is 26.9 Å². The second-order valence-corrected chi connectivity index (χ2v) is 7.23. The molecule has 0 bridgehead atoms. The Morgan fingerprint density at radius 3 is 2.56 bits per heavy atom. The van der Waals surface area contributed by atoms with E-state index in [1.165, 1.54) is 5.56 Å². The third kappa shape index (κ3) is 3.62. The molecule has 0 fully saturated rings. The zero-order chi connectivity index (χ0) is 16.7. The van der Waals surface area contributed by atoms with Gasteiger partial charge in [0.25, 0.3) is 0 Å². The fourth-order valence-electron chi connectivity index (χ4n) is 2.46. The fourth-order valence-corrected chi connectivity index (χ4v) is 3.69. The summed E-state index contributed by atoms with van der Waals surface area (Å²) in [5.74, 6) is 1.39. The number of hydrogen-bond acceptors (Lipinski definition) is 4. The number of nitrogens with zero attached hydrogens (tertiary/aromatic N) is 4. The molecule has 128 valence electrons. The first-order valence-electron chi connectivity index (χ1n) is 7.30. The summed E-state index contributed by atoms with van der Waals surface area (Å²) in [6.45, 7) is 2.05. The SMILES string of the molecule is Br.Cc1ccc(-c2nnc3n2N=C(c2cc(Cl)ccc2Cl)CS3)cc1. The minimum Gasteiger partial charge on any atom is -0.187 e. The molecule has 1 aromatic heterocycles. The van der Waals surface area contributed by atoms with Crippen molar-refractivity contribution in [1.82, 2.24) is 14.9 Å². The van der Waals surface area contributed by atoms with Crippen LogP contribution in [0.15, 0.2) is 52.7 Å². The predicted octanol–water partition coefficient (Wildman–Crippen LogP) is 5.50. The van der Waals surface area contributed by atoms with Gasteiger partial charge in [-0.15, -0.1) is 27.2 Å². The number of thioether (sulfide) groups is 1. The molecule has 0 atom stereocenters. The molecule has 8 heteroatoms. The van der Waals surface area contributed by atoms with Crippen molar-refractivity contribution in [2.75, 3.05) is 5.75 Å². The van der Waals surface area contributed by atoms with Crippen LogP contribution in [0, 0.1) is 6.92 Å². The maximum absolute atomic E-state index is 6.32. The number of rotatable bonds is 2. The van der Waals surface area contributed by atoms with Gasteiger partial charge in [-0.2, -0.15) is 9.78 Å². The van der Waals surface area contributed by atoms with Gasteiger partial charge < -0.3 is 0 Å². The van der Waals surface area contributed by atoms with Gasteiger partial charge >= 0.3 is 0 Å². The quantitative estimate of drug-likeness (QED) is 0.512. The van der Waals surface area contributed by atoms with Crippen LogP contribution in [-0.4, -0.2) is 26.3 Å². The Hall–Kier alpha value is -1.34. The summed E-state index contributed by atoms with van der Waals surface area (Å²) in [5.41, 5.74) is 3.86. The zero-order valence-electron chi connectivity index (χ0n) is 13.1. The van der Waals surface area contributed by atoms with Crippen LogP contribution in [0.5, 0.6) is 0 Å². The van der Waals surface area contributed by atoms with Crippen LogP contribution in [0.25, 0.3) is 11.4 Å². The first-order valence-corrected chi connectivity index (χ1v) is 9.04. The van der Waals surface area contributed by atoms with E-state index in [9.17, 15) is 0 Å². The number of fused-ring (bicyclic) bond motifs is 1. The lowest BCUT2D eigenvalue weighted by Gasteiger charge is -2.15. The van der Waals surface area contributed by atoms with Crippen LogP contribution in [0.4, 0.5) is 0 Å². The molecule has 25 heavy (non-hydrogen) atoms. The first-order chi connectivity index (χ1) is 11.6. The Bertz CT molecular complexity index is 954. The Morgan fingerprint density at radius 1 is 1.04 bits per heavy atom. The molecule has 2 heterocycles. The van der Waals surface area contributed by atoms with Crippen LogP contribution < -0.4 is 0 Å².